The minimum absolute atomic E-state index is 0. The van der Waals surface area contributed by atoms with Crippen molar-refractivity contribution >= 4 is 12.4 Å². The Morgan fingerprint density at radius 1 is 1.33 bits per heavy atom. The summed E-state index contributed by atoms with van der Waals surface area (Å²) in [5.41, 5.74) is 5.24. The van der Waals surface area contributed by atoms with Crippen molar-refractivity contribution in [1.29, 1.82) is 0 Å². The SMILES string of the molecule is Cl.NC1CCC1C(F)F. The molecular weight excluding hydrogens is 148 g/mol. The van der Waals surface area contributed by atoms with Gasteiger partial charge in [-0.2, -0.15) is 0 Å². The molecule has 0 aromatic rings. The molecule has 2 N–H and O–H groups in total. The summed E-state index contributed by atoms with van der Waals surface area (Å²) in [5.74, 6) is -0.505. The first kappa shape index (κ1) is 9.11. The molecule has 4 heteroatoms. The molecular formula is C5H10ClF2N. The Balaban J connectivity index is 0.000000640. The second kappa shape index (κ2) is 3.32. The van der Waals surface area contributed by atoms with Crippen molar-refractivity contribution in [3.05, 3.63) is 0 Å². The standard InChI is InChI=1S/C5H9F2N.ClH/c6-5(7)3-1-2-4(3)8;/h3-5H,1-2,8H2;1H. The first-order valence-electron chi connectivity index (χ1n) is 2.75. The van der Waals surface area contributed by atoms with E-state index in [1.54, 1.807) is 0 Å². The molecule has 1 saturated carbocycles. The number of rotatable bonds is 1. The van der Waals surface area contributed by atoms with Crippen LogP contribution in [0.4, 0.5) is 8.78 Å². The zero-order valence-corrected chi connectivity index (χ0v) is 5.70. The topological polar surface area (TPSA) is 26.0 Å². The van der Waals surface area contributed by atoms with Gasteiger partial charge in [-0.05, 0) is 12.8 Å². The van der Waals surface area contributed by atoms with E-state index in [0.717, 1.165) is 6.42 Å². The molecule has 0 aromatic carbocycles. The highest BCUT2D eigenvalue weighted by Crippen LogP contribution is 2.30. The van der Waals surface area contributed by atoms with E-state index in [2.05, 4.69) is 0 Å². The molecule has 0 bridgehead atoms. The van der Waals surface area contributed by atoms with Gasteiger partial charge in [0.1, 0.15) is 0 Å². The van der Waals surface area contributed by atoms with E-state index in [9.17, 15) is 8.78 Å². The Hall–Kier alpha value is 0.110. The van der Waals surface area contributed by atoms with E-state index in [-0.39, 0.29) is 18.4 Å². The van der Waals surface area contributed by atoms with Gasteiger partial charge in [-0.15, -0.1) is 12.4 Å². The summed E-state index contributed by atoms with van der Waals surface area (Å²) in [7, 11) is 0. The summed E-state index contributed by atoms with van der Waals surface area (Å²) in [4.78, 5) is 0. The van der Waals surface area contributed by atoms with Crippen LogP contribution in [-0.2, 0) is 0 Å². The Kier molecular flexibility index (Phi) is 3.36. The van der Waals surface area contributed by atoms with Crippen LogP contribution in [0.1, 0.15) is 12.8 Å². The third-order valence-corrected chi connectivity index (χ3v) is 1.71. The highest BCUT2D eigenvalue weighted by atomic mass is 35.5. The smallest absolute Gasteiger partial charge is 0.242 e. The maximum absolute atomic E-state index is 11.7. The molecule has 0 amide bonds. The van der Waals surface area contributed by atoms with Crippen molar-refractivity contribution in [2.24, 2.45) is 11.7 Å². The maximum atomic E-state index is 11.7. The molecule has 0 saturated heterocycles. The molecule has 2 atom stereocenters. The minimum atomic E-state index is -2.20. The lowest BCUT2D eigenvalue weighted by Gasteiger charge is -2.32. The second-order valence-electron chi connectivity index (χ2n) is 2.24. The molecule has 0 aromatic heterocycles. The van der Waals surface area contributed by atoms with Crippen molar-refractivity contribution in [1.82, 2.24) is 0 Å². The minimum Gasteiger partial charge on any atom is -0.327 e. The molecule has 0 aliphatic heterocycles. The van der Waals surface area contributed by atoms with Crippen molar-refractivity contribution < 1.29 is 8.78 Å². The van der Waals surface area contributed by atoms with Gasteiger partial charge in [0.05, 0.1) is 0 Å². The fourth-order valence-electron chi connectivity index (χ4n) is 0.864. The van der Waals surface area contributed by atoms with Crippen LogP contribution >= 0.6 is 12.4 Å². The predicted octanol–water partition coefficient (Wildman–Crippen LogP) is 1.41. The third-order valence-electron chi connectivity index (χ3n) is 1.71. The van der Waals surface area contributed by atoms with Gasteiger partial charge < -0.3 is 5.73 Å². The van der Waals surface area contributed by atoms with Crippen molar-refractivity contribution in [3.8, 4) is 0 Å². The summed E-state index contributed by atoms with van der Waals surface area (Å²) in [6.07, 6.45) is -0.813. The average molecular weight is 158 g/mol. The number of alkyl halides is 2. The fraction of sp³-hybridized carbons (Fsp3) is 1.00. The second-order valence-corrected chi connectivity index (χ2v) is 2.24. The summed E-state index contributed by atoms with van der Waals surface area (Å²) in [5, 5.41) is 0. The molecule has 1 aliphatic carbocycles. The van der Waals surface area contributed by atoms with E-state index in [1.165, 1.54) is 0 Å². The molecule has 0 spiro atoms. The number of halogens is 3. The Bertz CT molecular complexity index is 84.3. The molecule has 0 radical (unpaired) electrons. The van der Waals surface area contributed by atoms with Gasteiger partial charge in [0.15, 0.2) is 0 Å². The van der Waals surface area contributed by atoms with Gasteiger partial charge >= 0.3 is 0 Å². The summed E-state index contributed by atoms with van der Waals surface area (Å²) < 4.78 is 23.3. The molecule has 1 rings (SSSR count). The van der Waals surface area contributed by atoms with Crippen molar-refractivity contribution in [2.75, 3.05) is 0 Å². The number of hydrogen-bond donors (Lipinski definition) is 1. The summed E-state index contributed by atoms with van der Waals surface area (Å²) in [6, 6.07) is -0.227. The van der Waals surface area contributed by atoms with Crippen molar-refractivity contribution in [3.63, 3.8) is 0 Å². The third kappa shape index (κ3) is 1.76. The van der Waals surface area contributed by atoms with Gasteiger partial charge in [-0.1, -0.05) is 0 Å². The van der Waals surface area contributed by atoms with Gasteiger partial charge in [-0.25, -0.2) is 8.78 Å². The lowest BCUT2D eigenvalue weighted by Crippen LogP contribution is -2.43. The van der Waals surface area contributed by atoms with Crippen LogP contribution in [0.25, 0.3) is 0 Å². The lowest BCUT2D eigenvalue weighted by molar-refractivity contribution is 0.0193. The molecule has 1 nitrogen and oxygen atoms in total. The molecule has 1 aliphatic rings. The molecule has 56 valence electrons. The Labute approximate surface area is 59.0 Å². The van der Waals surface area contributed by atoms with E-state index >= 15 is 0 Å². The number of hydrogen-bond acceptors (Lipinski definition) is 1. The summed E-state index contributed by atoms with van der Waals surface area (Å²) in [6.45, 7) is 0. The first-order chi connectivity index (χ1) is 3.72. The lowest BCUT2D eigenvalue weighted by atomic mass is 9.81. The highest BCUT2D eigenvalue weighted by Gasteiger charge is 2.34. The maximum Gasteiger partial charge on any atom is 0.242 e. The normalized spacial score (nSPS) is 33.3. The van der Waals surface area contributed by atoms with Crippen LogP contribution in [0.5, 0.6) is 0 Å². The molecule has 9 heavy (non-hydrogen) atoms. The Morgan fingerprint density at radius 3 is 1.89 bits per heavy atom. The van der Waals surface area contributed by atoms with Crippen LogP contribution in [0.2, 0.25) is 0 Å². The van der Waals surface area contributed by atoms with Crippen LogP contribution in [-0.4, -0.2) is 12.5 Å². The zero-order chi connectivity index (χ0) is 6.15. The monoisotopic (exact) mass is 157 g/mol. The van der Waals surface area contributed by atoms with Crippen LogP contribution in [0.3, 0.4) is 0 Å². The fourth-order valence-corrected chi connectivity index (χ4v) is 0.864. The van der Waals surface area contributed by atoms with E-state index in [4.69, 9.17) is 5.73 Å². The first-order valence-corrected chi connectivity index (χ1v) is 2.75. The number of nitrogens with two attached hydrogens (primary N) is 1. The van der Waals surface area contributed by atoms with Crippen molar-refractivity contribution in [2.45, 2.75) is 25.3 Å². The van der Waals surface area contributed by atoms with Gasteiger partial charge in [-0.3, -0.25) is 0 Å². The quantitative estimate of drug-likeness (QED) is 0.612. The molecule has 2 unspecified atom stereocenters. The van der Waals surface area contributed by atoms with E-state index in [1.807, 2.05) is 0 Å². The van der Waals surface area contributed by atoms with Gasteiger partial charge in [0.2, 0.25) is 6.43 Å². The van der Waals surface area contributed by atoms with Crippen LogP contribution in [0, 0.1) is 5.92 Å². The van der Waals surface area contributed by atoms with Crippen LogP contribution in [0.15, 0.2) is 0 Å². The summed E-state index contributed by atoms with van der Waals surface area (Å²) >= 11 is 0. The van der Waals surface area contributed by atoms with E-state index in [0.29, 0.717) is 6.42 Å². The zero-order valence-electron chi connectivity index (χ0n) is 4.89. The van der Waals surface area contributed by atoms with Gasteiger partial charge in [0, 0.05) is 12.0 Å². The molecule has 0 heterocycles. The largest absolute Gasteiger partial charge is 0.327 e. The van der Waals surface area contributed by atoms with E-state index < -0.39 is 12.3 Å². The van der Waals surface area contributed by atoms with Gasteiger partial charge in [0.25, 0.3) is 0 Å². The Morgan fingerprint density at radius 2 is 1.89 bits per heavy atom. The van der Waals surface area contributed by atoms with Crippen LogP contribution < -0.4 is 5.73 Å². The highest BCUT2D eigenvalue weighted by molar-refractivity contribution is 5.85. The predicted molar refractivity (Wildman–Crippen MR) is 34.0 cm³/mol. The average Bonchev–Trinajstić information content (AvgIpc) is 1.61. The molecule has 1 fully saturated rings.